The van der Waals surface area contributed by atoms with E-state index in [2.05, 4.69) is 36.8 Å². The highest BCUT2D eigenvalue weighted by Gasteiger charge is 2.28. The van der Waals surface area contributed by atoms with Crippen LogP contribution in [0, 0.1) is 0 Å². The topological polar surface area (TPSA) is 59.7 Å². The van der Waals surface area contributed by atoms with Gasteiger partial charge >= 0.3 is 0 Å². The summed E-state index contributed by atoms with van der Waals surface area (Å²) in [6.07, 6.45) is 4.80. The summed E-state index contributed by atoms with van der Waals surface area (Å²) >= 11 is 7.75. The molecule has 1 aliphatic carbocycles. The van der Waals surface area contributed by atoms with E-state index in [0.29, 0.717) is 11.1 Å². The van der Waals surface area contributed by atoms with Crippen molar-refractivity contribution in [1.82, 2.24) is 29.6 Å². The molecule has 6 nitrogen and oxygen atoms in total. The van der Waals surface area contributed by atoms with E-state index >= 15 is 0 Å². The van der Waals surface area contributed by atoms with Crippen molar-refractivity contribution in [3.8, 4) is 5.69 Å². The van der Waals surface area contributed by atoms with Gasteiger partial charge in [-0.05, 0) is 62.7 Å². The maximum atomic E-state index is 6.25. The second kappa shape index (κ2) is 7.81. The number of rotatable bonds is 6. The Kier molecular flexibility index (Phi) is 5.05. The first-order chi connectivity index (χ1) is 13.8. The van der Waals surface area contributed by atoms with E-state index in [1.165, 1.54) is 24.6 Å². The lowest BCUT2D eigenvalue weighted by atomic mass is 10.3. The van der Waals surface area contributed by atoms with Crippen molar-refractivity contribution in [2.24, 2.45) is 0 Å². The monoisotopic (exact) mass is 412 g/mol. The number of nitrogens with zero attached hydrogens (tertiary/aromatic N) is 6. The van der Waals surface area contributed by atoms with Gasteiger partial charge < -0.3 is 0 Å². The van der Waals surface area contributed by atoms with Gasteiger partial charge in [-0.25, -0.2) is 9.97 Å². The molecule has 144 valence electrons. The van der Waals surface area contributed by atoms with Crippen molar-refractivity contribution in [1.29, 1.82) is 0 Å². The number of hydrogen-bond acceptors (Lipinski definition) is 6. The molecular weight excluding hydrogens is 392 g/mol. The zero-order chi connectivity index (χ0) is 18.9. The van der Waals surface area contributed by atoms with Gasteiger partial charge in [0.2, 0.25) is 5.16 Å². The quantitative estimate of drug-likeness (QED) is 0.561. The van der Waals surface area contributed by atoms with Crippen LogP contribution in [0.5, 0.6) is 0 Å². The number of hydrogen-bond donors (Lipinski definition) is 0. The molecule has 0 bridgehead atoms. The Balaban J connectivity index is 1.49. The van der Waals surface area contributed by atoms with E-state index in [-0.39, 0.29) is 0 Å². The van der Waals surface area contributed by atoms with Gasteiger partial charge in [0.15, 0.2) is 5.82 Å². The summed E-state index contributed by atoms with van der Waals surface area (Å²) in [4.78, 5) is 11.5. The highest BCUT2D eigenvalue weighted by Crippen LogP contribution is 2.39. The van der Waals surface area contributed by atoms with Crippen LogP contribution in [0.3, 0.4) is 0 Å². The molecule has 0 radical (unpaired) electrons. The minimum absolute atomic E-state index is 0.454. The SMILES string of the molecule is Clc1cc(Sc2nnc(CN3CCCC3)n2-c2ccccc2)nc(C2CC2)n1. The lowest BCUT2D eigenvalue weighted by Gasteiger charge is -2.16. The third kappa shape index (κ3) is 3.92. The van der Waals surface area contributed by atoms with E-state index < -0.39 is 0 Å². The predicted octanol–water partition coefficient (Wildman–Crippen LogP) is 4.34. The Morgan fingerprint density at radius 1 is 1.04 bits per heavy atom. The highest BCUT2D eigenvalue weighted by atomic mass is 35.5. The molecule has 1 aromatic carbocycles. The number of aromatic nitrogens is 5. The Labute approximate surface area is 173 Å². The van der Waals surface area contributed by atoms with Crippen LogP contribution in [0.1, 0.15) is 43.3 Å². The second-order valence-corrected chi connectivity index (χ2v) is 8.69. The molecule has 1 aliphatic heterocycles. The van der Waals surface area contributed by atoms with Crippen molar-refractivity contribution in [3.05, 3.63) is 53.2 Å². The van der Waals surface area contributed by atoms with Crippen LogP contribution in [0.4, 0.5) is 0 Å². The van der Waals surface area contributed by atoms with E-state index in [9.17, 15) is 0 Å². The van der Waals surface area contributed by atoms with Gasteiger partial charge in [-0.15, -0.1) is 10.2 Å². The second-order valence-electron chi connectivity index (χ2n) is 7.32. The van der Waals surface area contributed by atoms with Crippen LogP contribution in [0.2, 0.25) is 5.15 Å². The van der Waals surface area contributed by atoms with Crippen molar-refractivity contribution < 1.29 is 0 Å². The molecule has 3 heterocycles. The van der Waals surface area contributed by atoms with E-state index in [0.717, 1.165) is 60.0 Å². The largest absolute Gasteiger partial charge is 0.296 e. The lowest BCUT2D eigenvalue weighted by molar-refractivity contribution is 0.319. The van der Waals surface area contributed by atoms with Crippen molar-refractivity contribution >= 4 is 23.4 Å². The van der Waals surface area contributed by atoms with Gasteiger partial charge in [-0.2, -0.15) is 0 Å². The Hall–Kier alpha value is -1.96. The van der Waals surface area contributed by atoms with Gasteiger partial charge in [-0.3, -0.25) is 9.47 Å². The number of benzene rings is 1. The van der Waals surface area contributed by atoms with Gasteiger partial charge in [0.1, 0.15) is 16.0 Å². The minimum Gasteiger partial charge on any atom is -0.296 e. The first-order valence-corrected chi connectivity index (χ1v) is 10.9. The first kappa shape index (κ1) is 18.1. The maximum Gasteiger partial charge on any atom is 0.202 e. The van der Waals surface area contributed by atoms with E-state index in [1.54, 1.807) is 0 Å². The molecular formula is C20H21ClN6S. The normalized spacial score (nSPS) is 17.3. The fraction of sp³-hybridized carbons (Fsp3) is 0.400. The molecule has 2 fully saturated rings. The molecule has 0 N–H and O–H groups in total. The average molecular weight is 413 g/mol. The molecule has 1 saturated carbocycles. The maximum absolute atomic E-state index is 6.25. The van der Waals surface area contributed by atoms with Crippen LogP contribution in [0.15, 0.2) is 46.6 Å². The van der Waals surface area contributed by atoms with Gasteiger partial charge in [0, 0.05) is 17.7 Å². The van der Waals surface area contributed by atoms with Crippen LogP contribution < -0.4 is 0 Å². The molecule has 0 amide bonds. The summed E-state index contributed by atoms with van der Waals surface area (Å²) in [5.41, 5.74) is 1.06. The lowest BCUT2D eigenvalue weighted by Crippen LogP contribution is -2.21. The summed E-state index contributed by atoms with van der Waals surface area (Å²) in [5.74, 6) is 2.26. The number of para-hydroxylation sites is 1. The van der Waals surface area contributed by atoms with Crippen LogP contribution in [-0.4, -0.2) is 42.7 Å². The number of halogens is 1. The molecule has 5 rings (SSSR count). The Morgan fingerprint density at radius 2 is 1.82 bits per heavy atom. The Bertz CT molecular complexity index is 966. The summed E-state index contributed by atoms with van der Waals surface area (Å²) in [6, 6.07) is 12.1. The zero-order valence-electron chi connectivity index (χ0n) is 15.5. The summed E-state index contributed by atoms with van der Waals surface area (Å²) in [6.45, 7) is 3.05. The molecule has 0 spiro atoms. The van der Waals surface area contributed by atoms with Crippen LogP contribution >= 0.6 is 23.4 Å². The minimum atomic E-state index is 0.454. The fourth-order valence-electron chi connectivity index (χ4n) is 3.53. The number of likely N-dealkylation sites (tertiary alicyclic amines) is 1. The molecule has 2 aromatic heterocycles. The standard InChI is InChI=1S/C20H21ClN6S/c21-16-12-18(23-19(22-16)14-8-9-14)28-20-25-24-17(13-26-10-4-5-11-26)27(20)15-6-2-1-3-7-15/h1-3,6-7,12,14H,4-5,8-11,13H2. The zero-order valence-corrected chi connectivity index (χ0v) is 17.0. The van der Waals surface area contributed by atoms with Gasteiger partial charge in [-0.1, -0.05) is 29.8 Å². The Morgan fingerprint density at radius 3 is 2.57 bits per heavy atom. The summed E-state index contributed by atoms with van der Waals surface area (Å²) < 4.78 is 2.13. The molecule has 0 unspecified atom stereocenters. The van der Waals surface area contributed by atoms with Crippen molar-refractivity contribution in [2.75, 3.05) is 13.1 Å². The predicted molar refractivity (Wildman–Crippen MR) is 109 cm³/mol. The van der Waals surface area contributed by atoms with Crippen molar-refractivity contribution in [3.63, 3.8) is 0 Å². The van der Waals surface area contributed by atoms with Gasteiger partial charge in [0.25, 0.3) is 0 Å². The summed E-state index contributed by atoms with van der Waals surface area (Å²) in [7, 11) is 0. The first-order valence-electron chi connectivity index (χ1n) is 9.71. The summed E-state index contributed by atoms with van der Waals surface area (Å²) in [5, 5.41) is 11.1. The smallest absolute Gasteiger partial charge is 0.202 e. The van der Waals surface area contributed by atoms with Crippen molar-refractivity contribution in [2.45, 2.75) is 48.3 Å². The molecule has 3 aromatic rings. The third-order valence-electron chi connectivity index (χ3n) is 5.11. The molecule has 0 atom stereocenters. The molecule has 2 aliphatic rings. The van der Waals surface area contributed by atoms with Crippen LogP contribution in [-0.2, 0) is 6.54 Å². The molecule has 8 heteroatoms. The third-order valence-corrected chi connectivity index (χ3v) is 6.16. The van der Waals surface area contributed by atoms with E-state index in [1.807, 2.05) is 24.3 Å². The molecule has 28 heavy (non-hydrogen) atoms. The van der Waals surface area contributed by atoms with Gasteiger partial charge in [0.05, 0.1) is 6.54 Å². The molecule has 1 saturated heterocycles. The average Bonchev–Trinajstić information content (AvgIpc) is 3.30. The fourth-order valence-corrected chi connectivity index (χ4v) is 4.66. The highest BCUT2D eigenvalue weighted by molar-refractivity contribution is 7.99. The van der Waals surface area contributed by atoms with E-state index in [4.69, 9.17) is 16.6 Å². The van der Waals surface area contributed by atoms with Crippen LogP contribution in [0.25, 0.3) is 5.69 Å².